The molecule has 1 aromatic heterocycles. The van der Waals surface area contributed by atoms with Crippen LogP contribution in [0.3, 0.4) is 0 Å². The van der Waals surface area contributed by atoms with Gasteiger partial charge < -0.3 is 9.55 Å². The lowest BCUT2D eigenvalue weighted by Gasteiger charge is -2.20. The normalized spacial score (nSPS) is 15.5. The molecule has 0 aliphatic heterocycles. The Morgan fingerprint density at radius 1 is 1.42 bits per heavy atom. The second kappa shape index (κ2) is 5.10. The van der Waals surface area contributed by atoms with Crippen LogP contribution in [-0.4, -0.2) is 33.6 Å². The Hall–Kier alpha value is -1.13. The molecule has 19 heavy (non-hydrogen) atoms. The lowest BCUT2D eigenvalue weighted by Crippen LogP contribution is -2.29. The summed E-state index contributed by atoms with van der Waals surface area (Å²) in [7, 11) is 0. The Labute approximate surface area is 119 Å². The highest BCUT2D eigenvalue weighted by atomic mass is 32.1. The van der Waals surface area contributed by atoms with Crippen LogP contribution < -0.4 is 0 Å². The van der Waals surface area contributed by atoms with E-state index in [1.807, 2.05) is 0 Å². The third-order valence-electron chi connectivity index (χ3n) is 4.01. The number of imidazole rings is 1. The Bertz CT molecular complexity index is 636. The fourth-order valence-electron chi connectivity index (χ4n) is 2.75. The molecule has 1 heterocycles. The summed E-state index contributed by atoms with van der Waals surface area (Å²) in [6.07, 6.45) is 2.73. The zero-order chi connectivity index (χ0) is 13.4. The molecular weight excluding hydrogens is 254 g/mol. The summed E-state index contributed by atoms with van der Waals surface area (Å²) in [4.78, 5) is 5.87. The van der Waals surface area contributed by atoms with Crippen molar-refractivity contribution < 1.29 is 0 Å². The van der Waals surface area contributed by atoms with Crippen LogP contribution in [0.25, 0.3) is 11.0 Å². The number of aromatic nitrogens is 2. The van der Waals surface area contributed by atoms with Crippen molar-refractivity contribution in [2.24, 2.45) is 0 Å². The molecule has 0 bridgehead atoms. The highest BCUT2D eigenvalue weighted by Crippen LogP contribution is 2.26. The smallest absolute Gasteiger partial charge is 0.178 e. The molecule has 2 aromatic rings. The Kier molecular flexibility index (Phi) is 3.46. The molecule has 0 spiro atoms. The van der Waals surface area contributed by atoms with Gasteiger partial charge in [0.15, 0.2) is 4.77 Å². The van der Waals surface area contributed by atoms with Crippen LogP contribution in [0.1, 0.15) is 25.3 Å². The summed E-state index contributed by atoms with van der Waals surface area (Å²) in [6, 6.07) is 7.29. The number of fused-ring (bicyclic) bond motifs is 1. The number of aryl methyl sites for hydroxylation is 1. The Balaban J connectivity index is 1.85. The van der Waals surface area contributed by atoms with Gasteiger partial charge in [-0.15, -0.1) is 0 Å². The number of likely N-dealkylation sites (N-methyl/N-ethyl adjacent to an activating group) is 1. The number of nitrogens with one attached hydrogen (secondary N) is 1. The zero-order valence-electron chi connectivity index (χ0n) is 11.6. The van der Waals surface area contributed by atoms with E-state index in [1.165, 1.54) is 23.9 Å². The van der Waals surface area contributed by atoms with Gasteiger partial charge in [0.05, 0.1) is 11.0 Å². The van der Waals surface area contributed by atoms with Crippen LogP contribution in [0, 0.1) is 11.7 Å². The lowest BCUT2D eigenvalue weighted by molar-refractivity contribution is 0.267. The number of nitrogens with zero attached hydrogens (tertiary/aromatic N) is 2. The third kappa shape index (κ3) is 2.60. The SMILES string of the molecule is CCN(CCn1c(=S)[nH]c2ccc(C)cc21)C1CC1. The quantitative estimate of drug-likeness (QED) is 0.845. The second-order valence-electron chi connectivity index (χ2n) is 5.46. The van der Waals surface area contributed by atoms with E-state index in [-0.39, 0.29) is 0 Å². The van der Waals surface area contributed by atoms with Crippen molar-refractivity contribution in [3.63, 3.8) is 0 Å². The summed E-state index contributed by atoms with van der Waals surface area (Å²) >= 11 is 5.45. The molecule has 0 atom stereocenters. The van der Waals surface area contributed by atoms with Gasteiger partial charge in [-0.05, 0) is 56.2 Å². The molecule has 0 unspecified atom stereocenters. The summed E-state index contributed by atoms with van der Waals surface area (Å²) in [5.74, 6) is 0. The average Bonchev–Trinajstić information content (AvgIpc) is 3.17. The largest absolute Gasteiger partial charge is 0.331 e. The summed E-state index contributed by atoms with van der Waals surface area (Å²) in [5, 5.41) is 0. The van der Waals surface area contributed by atoms with Crippen molar-refractivity contribution in [2.75, 3.05) is 13.1 Å². The van der Waals surface area contributed by atoms with Gasteiger partial charge in [0.25, 0.3) is 0 Å². The number of aromatic amines is 1. The lowest BCUT2D eigenvalue weighted by atomic mass is 10.2. The number of rotatable bonds is 5. The van der Waals surface area contributed by atoms with Gasteiger partial charge in [-0.1, -0.05) is 13.0 Å². The van der Waals surface area contributed by atoms with Gasteiger partial charge in [0.1, 0.15) is 0 Å². The van der Waals surface area contributed by atoms with E-state index in [0.29, 0.717) is 0 Å². The molecule has 4 heteroatoms. The molecule has 102 valence electrons. The first kappa shape index (κ1) is 12.9. The predicted octanol–water partition coefficient (Wildman–Crippen LogP) is 3.49. The van der Waals surface area contributed by atoms with E-state index < -0.39 is 0 Å². The molecule has 1 saturated carbocycles. The first-order valence-corrected chi connectivity index (χ1v) is 7.53. The van der Waals surface area contributed by atoms with Crippen LogP contribution in [0.2, 0.25) is 0 Å². The van der Waals surface area contributed by atoms with Crippen LogP contribution in [0.4, 0.5) is 0 Å². The third-order valence-corrected chi connectivity index (χ3v) is 4.33. The van der Waals surface area contributed by atoms with Gasteiger partial charge >= 0.3 is 0 Å². The van der Waals surface area contributed by atoms with Crippen molar-refractivity contribution in [3.05, 3.63) is 28.5 Å². The van der Waals surface area contributed by atoms with Crippen molar-refractivity contribution in [2.45, 2.75) is 39.3 Å². The van der Waals surface area contributed by atoms with Crippen LogP contribution >= 0.6 is 12.2 Å². The molecule has 1 aromatic carbocycles. The minimum atomic E-state index is 0.825. The van der Waals surface area contributed by atoms with Gasteiger partial charge in [0.2, 0.25) is 0 Å². The van der Waals surface area contributed by atoms with Gasteiger partial charge in [0, 0.05) is 19.1 Å². The maximum atomic E-state index is 5.45. The fraction of sp³-hybridized carbons (Fsp3) is 0.533. The molecule has 1 fully saturated rings. The van der Waals surface area contributed by atoms with E-state index in [4.69, 9.17) is 12.2 Å². The fourth-order valence-corrected chi connectivity index (χ4v) is 3.05. The standard InChI is InChI=1S/C15H21N3S/c1-3-17(12-5-6-12)8-9-18-14-10-11(2)4-7-13(14)16-15(18)19/h4,7,10,12H,3,5-6,8-9H2,1-2H3,(H,16,19). The first-order valence-electron chi connectivity index (χ1n) is 7.12. The van der Waals surface area contributed by atoms with E-state index in [9.17, 15) is 0 Å². The highest BCUT2D eigenvalue weighted by molar-refractivity contribution is 7.71. The molecular formula is C15H21N3S. The molecule has 0 saturated heterocycles. The van der Waals surface area contributed by atoms with Crippen molar-refractivity contribution in [1.29, 1.82) is 0 Å². The van der Waals surface area contributed by atoms with Crippen molar-refractivity contribution in [3.8, 4) is 0 Å². The van der Waals surface area contributed by atoms with Crippen LogP contribution in [0.5, 0.6) is 0 Å². The summed E-state index contributed by atoms with van der Waals surface area (Å²) in [5.41, 5.74) is 3.66. The van der Waals surface area contributed by atoms with Gasteiger partial charge in [-0.25, -0.2) is 0 Å². The molecule has 0 radical (unpaired) electrons. The van der Waals surface area contributed by atoms with Crippen LogP contribution in [0.15, 0.2) is 18.2 Å². The predicted molar refractivity (Wildman–Crippen MR) is 82.1 cm³/mol. The molecule has 3 rings (SSSR count). The molecule has 1 N–H and O–H groups in total. The minimum Gasteiger partial charge on any atom is -0.331 e. The maximum Gasteiger partial charge on any atom is 0.178 e. The average molecular weight is 275 g/mol. The maximum absolute atomic E-state index is 5.45. The summed E-state index contributed by atoms with van der Waals surface area (Å²) < 4.78 is 3.08. The molecule has 3 nitrogen and oxygen atoms in total. The monoisotopic (exact) mass is 275 g/mol. The Morgan fingerprint density at radius 2 is 2.21 bits per heavy atom. The van der Waals surface area contributed by atoms with E-state index >= 15 is 0 Å². The Morgan fingerprint density at radius 3 is 2.89 bits per heavy atom. The number of H-pyrrole nitrogens is 1. The van der Waals surface area contributed by atoms with Crippen LogP contribution in [-0.2, 0) is 6.54 Å². The highest BCUT2D eigenvalue weighted by Gasteiger charge is 2.27. The molecule has 1 aliphatic carbocycles. The topological polar surface area (TPSA) is 24.0 Å². The van der Waals surface area contributed by atoms with Gasteiger partial charge in [-0.2, -0.15) is 0 Å². The number of hydrogen-bond donors (Lipinski definition) is 1. The zero-order valence-corrected chi connectivity index (χ0v) is 12.5. The van der Waals surface area contributed by atoms with Gasteiger partial charge in [-0.3, -0.25) is 4.90 Å². The summed E-state index contributed by atoms with van der Waals surface area (Å²) in [6.45, 7) is 7.59. The molecule has 0 amide bonds. The van der Waals surface area contributed by atoms with E-state index in [0.717, 1.165) is 36.0 Å². The number of hydrogen-bond acceptors (Lipinski definition) is 2. The van der Waals surface area contributed by atoms with Crippen molar-refractivity contribution >= 4 is 23.3 Å². The van der Waals surface area contributed by atoms with E-state index in [1.54, 1.807) is 0 Å². The second-order valence-corrected chi connectivity index (χ2v) is 5.85. The minimum absolute atomic E-state index is 0.825. The molecule has 1 aliphatic rings. The number of benzene rings is 1. The van der Waals surface area contributed by atoms with E-state index in [2.05, 4.69) is 46.5 Å². The van der Waals surface area contributed by atoms with Crippen molar-refractivity contribution in [1.82, 2.24) is 14.5 Å². The first-order chi connectivity index (χ1) is 9.19.